The summed E-state index contributed by atoms with van der Waals surface area (Å²) in [4.78, 5) is 59.9. The number of nitrogens with zero attached hydrogens (tertiary/aromatic N) is 2. The first-order valence-electron chi connectivity index (χ1n) is 22.2. The van der Waals surface area contributed by atoms with Crippen LogP contribution in [0.1, 0.15) is 143 Å². The minimum atomic E-state index is -0.253. The first-order valence-corrected chi connectivity index (χ1v) is 22.2. The SMILES string of the molecule is CCC(C)CC(CCCN1C(=O)c2ccc3c4ccc5c6c(ccc(c7ccc(c2c37)C1=O)c64)C(=O)N(CCCC(CC(C)CC)c1ccccc1)C5=O)c1ccccc1. The molecule has 0 aliphatic carbocycles. The highest BCUT2D eigenvalue weighted by Gasteiger charge is 2.37. The van der Waals surface area contributed by atoms with Crippen LogP contribution < -0.4 is 0 Å². The standard InChI is InChI=1S/C54H54N2O4/c1-5-33(3)31-37(35-15-9-7-10-16-35)19-13-29-55-51(57)43-25-21-39-41-23-27-45-50-46(28-24-42(48(41)50)40-22-26-44(52(55)58)49(43)47(39)40)54(60)56(53(45)59)30-14-20-38(32-34(4)6-2)36-17-11-8-12-18-36/h7-12,15-18,21-28,33-34,37-38H,5-6,13-14,19-20,29-32H2,1-4H3. The Bertz CT molecular complexity index is 2460. The molecule has 2 aliphatic heterocycles. The lowest BCUT2D eigenvalue weighted by molar-refractivity contribution is 0.0591. The van der Waals surface area contributed by atoms with Crippen LogP contribution in [0.2, 0.25) is 0 Å². The molecule has 0 saturated heterocycles. The topological polar surface area (TPSA) is 74.8 Å². The Morgan fingerprint density at radius 1 is 0.417 bits per heavy atom. The van der Waals surface area contributed by atoms with Crippen molar-refractivity contribution in [2.75, 3.05) is 13.1 Å². The molecule has 304 valence electrons. The van der Waals surface area contributed by atoms with Crippen molar-refractivity contribution >= 4 is 66.7 Å². The van der Waals surface area contributed by atoms with Crippen molar-refractivity contribution in [3.8, 4) is 0 Å². The van der Waals surface area contributed by atoms with Crippen LogP contribution >= 0.6 is 0 Å². The van der Waals surface area contributed by atoms with Gasteiger partial charge in [-0.2, -0.15) is 0 Å². The summed E-state index contributed by atoms with van der Waals surface area (Å²) in [6.07, 6.45) is 7.61. The molecule has 7 aromatic carbocycles. The summed E-state index contributed by atoms with van der Waals surface area (Å²) in [5.74, 6) is 0.886. The van der Waals surface area contributed by atoms with Crippen LogP contribution in [0.3, 0.4) is 0 Å². The molecule has 60 heavy (non-hydrogen) atoms. The van der Waals surface area contributed by atoms with Gasteiger partial charge in [0, 0.05) is 46.1 Å². The Hall–Kier alpha value is -5.88. The molecule has 4 amide bonds. The second-order valence-corrected chi connectivity index (χ2v) is 17.7. The van der Waals surface area contributed by atoms with Crippen LogP contribution in [0.4, 0.5) is 0 Å². The van der Waals surface area contributed by atoms with Gasteiger partial charge in [0.05, 0.1) is 0 Å². The molecule has 2 heterocycles. The molecule has 6 nitrogen and oxygen atoms in total. The van der Waals surface area contributed by atoms with E-state index in [9.17, 15) is 19.2 Å². The lowest BCUT2D eigenvalue weighted by Crippen LogP contribution is -2.41. The second kappa shape index (κ2) is 16.3. The molecule has 6 heteroatoms. The van der Waals surface area contributed by atoms with E-state index in [2.05, 4.69) is 76.2 Å². The van der Waals surface area contributed by atoms with Crippen LogP contribution in [0.15, 0.2) is 109 Å². The molecule has 4 unspecified atom stereocenters. The van der Waals surface area contributed by atoms with E-state index in [1.54, 1.807) is 0 Å². The molecule has 9 rings (SSSR count). The van der Waals surface area contributed by atoms with Gasteiger partial charge in [-0.25, -0.2) is 0 Å². The van der Waals surface area contributed by atoms with E-state index in [0.29, 0.717) is 69.8 Å². The second-order valence-electron chi connectivity index (χ2n) is 17.7. The van der Waals surface area contributed by atoms with Crippen molar-refractivity contribution in [1.29, 1.82) is 0 Å². The third-order valence-corrected chi connectivity index (χ3v) is 14.0. The fourth-order valence-electron chi connectivity index (χ4n) is 10.4. The number of benzene rings is 7. The predicted octanol–water partition coefficient (Wildman–Crippen LogP) is 12.9. The van der Waals surface area contributed by atoms with Gasteiger partial charge in [-0.3, -0.25) is 29.0 Å². The number of carbonyl (C=O) groups is 4. The van der Waals surface area contributed by atoms with Crippen molar-refractivity contribution in [3.63, 3.8) is 0 Å². The summed E-state index contributed by atoms with van der Waals surface area (Å²) < 4.78 is 0. The molecular weight excluding hydrogens is 741 g/mol. The monoisotopic (exact) mass is 794 g/mol. The van der Waals surface area contributed by atoms with Crippen molar-refractivity contribution in [1.82, 2.24) is 9.80 Å². The zero-order chi connectivity index (χ0) is 41.7. The zero-order valence-corrected chi connectivity index (χ0v) is 35.3. The molecule has 7 aromatic rings. The smallest absolute Gasteiger partial charge is 0.261 e. The average molecular weight is 795 g/mol. The molecule has 0 N–H and O–H groups in total. The van der Waals surface area contributed by atoms with Crippen LogP contribution in [0.5, 0.6) is 0 Å². The summed E-state index contributed by atoms with van der Waals surface area (Å²) in [6.45, 7) is 9.77. The number of amides is 4. The number of hydrogen-bond donors (Lipinski definition) is 0. The minimum absolute atomic E-state index is 0.253. The summed E-state index contributed by atoms with van der Waals surface area (Å²) in [6, 6.07) is 36.6. The maximum Gasteiger partial charge on any atom is 0.261 e. The Labute approximate surface area is 352 Å². The molecule has 0 fully saturated rings. The van der Waals surface area contributed by atoms with Crippen LogP contribution in [-0.2, 0) is 0 Å². The van der Waals surface area contributed by atoms with E-state index in [0.717, 1.165) is 83.7 Å². The Morgan fingerprint density at radius 2 is 0.733 bits per heavy atom. The number of rotatable bonds is 16. The van der Waals surface area contributed by atoms with Crippen molar-refractivity contribution in [2.45, 2.75) is 90.9 Å². The summed E-state index contributed by atoms with van der Waals surface area (Å²) in [7, 11) is 0. The lowest BCUT2D eigenvalue weighted by atomic mass is 9.82. The molecule has 0 radical (unpaired) electrons. The highest BCUT2D eigenvalue weighted by molar-refractivity contribution is 6.41. The molecule has 2 aliphatic rings. The zero-order valence-electron chi connectivity index (χ0n) is 35.3. The number of fused-ring (bicyclic) bond motifs is 2. The molecular formula is C54H54N2O4. The largest absolute Gasteiger partial charge is 0.274 e. The molecule has 0 bridgehead atoms. The van der Waals surface area contributed by atoms with Crippen molar-refractivity contribution in [2.24, 2.45) is 11.8 Å². The van der Waals surface area contributed by atoms with Gasteiger partial charge in [0.1, 0.15) is 0 Å². The lowest BCUT2D eigenvalue weighted by Gasteiger charge is -2.30. The van der Waals surface area contributed by atoms with E-state index in [-0.39, 0.29) is 23.6 Å². The highest BCUT2D eigenvalue weighted by atomic mass is 16.2. The minimum Gasteiger partial charge on any atom is -0.274 e. The first-order chi connectivity index (χ1) is 29.2. The van der Waals surface area contributed by atoms with Gasteiger partial charge < -0.3 is 0 Å². The third kappa shape index (κ3) is 6.74. The van der Waals surface area contributed by atoms with E-state index < -0.39 is 0 Å². The number of carbonyl (C=O) groups excluding carboxylic acids is 4. The summed E-state index contributed by atoms with van der Waals surface area (Å²) in [5, 5.41) is 6.75. The van der Waals surface area contributed by atoms with Gasteiger partial charge >= 0.3 is 0 Å². The van der Waals surface area contributed by atoms with Crippen molar-refractivity contribution < 1.29 is 19.2 Å². The maximum atomic E-state index is 14.3. The Morgan fingerprint density at radius 3 is 1.03 bits per heavy atom. The van der Waals surface area contributed by atoms with E-state index in [1.165, 1.54) is 20.9 Å². The molecule has 4 atom stereocenters. The number of hydrogen-bond acceptors (Lipinski definition) is 4. The first kappa shape index (κ1) is 39.6. The summed E-state index contributed by atoms with van der Waals surface area (Å²) >= 11 is 0. The van der Waals surface area contributed by atoms with Crippen LogP contribution in [-0.4, -0.2) is 46.5 Å². The quantitative estimate of drug-likeness (QED) is 0.0555. The van der Waals surface area contributed by atoms with E-state index in [1.807, 2.05) is 60.7 Å². The van der Waals surface area contributed by atoms with Gasteiger partial charge in [0.2, 0.25) is 0 Å². The maximum absolute atomic E-state index is 14.3. The van der Waals surface area contributed by atoms with Gasteiger partial charge in [0.15, 0.2) is 0 Å². The molecule has 0 spiro atoms. The van der Waals surface area contributed by atoms with Gasteiger partial charge in [-0.05, 0) is 130 Å². The van der Waals surface area contributed by atoms with Crippen molar-refractivity contribution in [3.05, 3.63) is 143 Å². The van der Waals surface area contributed by atoms with Crippen LogP contribution in [0.25, 0.3) is 43.1 Å². The molecule has 0 aromatic heterocycles. The normalized spacial score (nSPS) is 16.1. The fraction of sp³-hybridized carbons (Fsp3) is 0.333. The third-order valence-electron chi connectivity index (χ3n) is 14.0. The Kier molecular flexibility index (Phi) is 10.7. The van der Waals surface area contributed by atoms with Gasteiger partial charge in [-0.15, -0.1) is 0 Å². The van der Waals surface area contributed by atoms with E-state index in [4.69, 9.17) is 0 Å². The highest BCUT2D eigenvalue weighted by Crippen LogP contribution is 2.46. The van der Waals surface area contributed by atoms with E-state index >= 15 is 0 Å². The fourth-order valence-corrected chi connectivity index (χ4v) is 10.4. The summed E-state index contributed by atoms with van der Waals surface area (Å²) in [5.41, 5.74) is 4.78. The molecule has 0 saturated carbocycles. The predicted molar refractivity (Wildman–Crippen MR) is 243 cm³/mol. The van der Waals surface area contributed by atoms with Gasteiger partial charge in [-0.1, -0.05) is 125 Å². The van der Waals surface area contributed by atoms with Gasteiger partial charge in [0.25, 0.3) is 23.6 Å². The van der Waals surface area contributed by atoms with Crippen LogP contribution in [0, 0.1) is 11.8 Å². The Balaban J connectivity index is 1.01. The average Bonchev–Trinajstić information content (AvgIpc) is 3.28. The number of imide groups is 2.